The van der Waals surface area contributed by atoms with Gasteiger partial charge in [0.1, 0.15) is 0 Å². The van der Waals surface area contributed by atoms with Crippen molar-refractivity contribution in [3.8, 4) is 5.88 Å². The highest BCUT2D eigenvalue weighted by Gasteiger charge is 2.16. The van der Waals surface area contributed by atoms with Crippen LogP contribution >= 0.6 is 0 Å². The zero-order chi connectivity index (χ0) is 8.32. The lowest BCUT2D eigenvalue weighted by molar-refractivity contribution is 0.523. The van der Waals surface area contributed by atoms with E-state index in [0.29, 0.717) is 5.88 Å². The summed E-state index contributed by atoms with van der Waals surface area (Å²) in [6, 6.07) is 3.65. The van der Waals surface area contributed by atoms with Gasteiger partial charge in [-0.05, 0) is 25.7 Å². The van der Waals surface area contributed by atoms with Gasteiger partial charge in [-0.15, -0.1) is 5.10 Å². The van der Waals surface area contributed by atoms with Gasteiger partial charge in [-0.1, -0.05) is 0 Å². The monoisotopic (exact) mass is 168 g/mol. The Labute approximate surface area is 67.6 Å². The third kappa shape index (κ3) is 3.13. The highest BCUT2D eigenvalue weighted by atomic mass is 28.4. The molecular weight excluding hydrogens is 156 g/mol. The Balaban J connectivity index is 2.66. The summed E-state index contributed by atoms with van der Waals surface area (Å²) in [4.78, 5) is 0. The minimum Gasteiger partial charge on any atom is -0.530 e. The summed E-state index contributed by atoms with van der Waals surface area (Å²) in [5.74, 6) is 0.631. The Kier molecular flexibility index (Phi) is 2.24. The summed E-state index contributed by atoms with van der Waals surface area (Å²) in [5.41, 5.74) is 0. The molecule has 60 valence electrons. The molecule has 3 nitrogen and oxygen atoms in total. The molecule has 1 heterocycles. The molecule has 1 aromatic rings. The summed E-state index contributed by atoms with van der Waals surface area (Å²) in [7, 11) is -1.50. The SMILES string of the molecule is C[Si](C)(C)Oc1cccnn1. The second-order valence-corrected chi connectivity index (χ2v) is 7.71. The summed E-state index contributed by atoms with van der Waals surface area (Å²) >= 11 is 0. The molecular formula is C7H12N2OSi. The summed E-state index contributed by atoms with van der Waals surface area (Å²) in [5, 5.41) is 7.54. The van der Waals surface area contributed by atoms with Crippen LogP contribution in [0.5, 0.6) is 5.88 Å². The zero-order valence-electron chi connectivity index (χ0n) is 7.03. The lowest BCUT2D eigenvalue weighted by Crippen LogP contribution is -2.29. The largest absolute Gasteiger partial charge is 0.530 e. The molecule has 1 aromatic heterocycles. The van der Waals surface area contributed by atoms with E-state index in [1.807, 2.05) is 12.1 Å². The van der Waals surface area contributed by atoms with E-state index in [-0.39, 0.29) is 0 Å². The van der Waals surface area contributed by atoms with E-state index in [1.165, 1.54) is 0 Å². The van der Waals surface area contributed by atoms with Gasteiger partial charge in [0.05, 0.1) is 0 Å². The van der Waals surface area contributed by atoms with Crippen molar-refractivity contribution in [3.63, 3.8) is 0 Å². The smallest absolute Gasteiger partial charge is 0.244 e. The van der Waals surface area contributed by atoms with Crippen molar-refractivity contribution in [1.29, 1.82) is 0 Å². The number of aromatic nitrogens is 2. The van der Waals surface area contributed by atoms with Gasteiger partial charge in [0, 0.05) is 12.3 Å². The molecule has 0 N–H and O–H groups in total. The van der Waals surface area contributed by atoms with Gasteiger partial charge in [-0.25, -0.2) is 0 Å². The fraction of sp³-hybridized carbons (Fsp3) is 0.429. The van der Waals surface area contributed by atoms with E-state index in [4.69, 9.17) is 4.43 Å². The summed E-state index contributed by atoms with van der Waals surface area (Å²) < 4.78 is 5.57. The second kappa shape index (κ2) is 3.00. The molecule has 0 fully saturated rings. The Bertz CT molecular complexity index is 220. The van der Waals surface area contributed by atoms with Crippen molar-refractivity contribution in [2.24, 2.45) is 0 Å². The van der Waals surface area contributed by atoms with Crippen LogP contribution < -0.4 is 4.43 Å². The third-order valence-corrected chi connectivity index (χ3v) is 1.78. The first kappa shape index (κ1) is 8.20. The van der Waals surface area contributed by atoms with E-state index in [9.17, 15) is 0 Å². The first-order valence-electron chi connectivity index (χ1n) is 3.55. The highest BCUT2D eigenvalue weighted by Crippen LogP contribution is 2.09. The van der Waals surface area contributed by atoms with Crippen LogP contribution in [-0.4, -0.2) is 18.5 Å². The van der Waals surface area contributed by atoms with E-state index in [2.05, 4.69) is 29.8 Å². The van der Waals surface area contributed by atoms with Crippen LogP contribution in [0.4, 0.5) is 0 Å². The predicted octanol–water partition coefficient (Wildman–Crippen LogP) is 1.69. The van der Waals surface area contributed by atoms with Crippen molar-refractivity contribution in [1.82, 2.24) is 10.2 Å². The molecule has 4 heteroatoms. The Morgan fingerprint density at radius 1 is 1.36 bits per heavy atom. The second-order valence-electron chi connectivity index (χ2n) is 3.28. The first-order chi connectivity index (χ1) is 5.08. The van der Waals surface area contributed by atoms with Crippen LogP contribution in [0.1, 0.15) is 0 Å². The molecule has 0 saturated carbocycles. The Morgan fingerprint density at radius 3 is 2.55 bits per heavy atom. The number of rotatable bonds is 2. The minimum absolute atomic E-state index is 0.631. The van der Waals surface area contributed by atoms with Crippen molar-refractivity contribution in [2.45, 2.75) is 19.6 Å². The standard InChI is InChI=1S/C7H12N2OSi/c1-11(2,3)10-7-5-4-6-8-9-7/h4-6H,1-3H3. The molecule has 0 atom stereocenters. The van der Waals surface area contributed by atoms with E-state index in [0.717, 1.165) is 0 Å². The quantitative estimate of drug-likeness (QED) is 0.630. The van der Waals surface area contributed by atoms with Crippen molar-refractivity contribution in [2.75, 3.05) is 0 Å². The lowest BCUT2D eigenvalue weighted by Gasteiger charge is -2.16. The van der Waals surface area contributed by atoms with Gasteiger partial charge >= 0.3 is 0 Å². The van der Waals surface area contributed by atoms with Gasteiger partial charge in [0.15, 0.2) is 0 Å². The molecule has 0 bridgehead atoms. The number of hydrogen-bond acceptors (Lipinski definition) is 3. The maximum absolute atomic E-state index is 5.57. The number of nitrogens with zero attached hydrogens (tertiary/aromatic N) is 2. The number of hydrogen-bond donors (Lipinski definition) is 0. The average molecular weight is 168 g/mol. The highest BCUT2D eigenvalue weighted by molar-refractivity contribution is 6.70. The molecule has 0 amide bonds. The molecule has 0 spiro atoms. The van der Waals surface area contributed by atoms with E-state index in [1.54, 1.807) is 6.20 Å². The molecule has 11 heavy (non-hydrogen) atoms. The summed E-state index contributed by atoms with van der Waals surface area (Å²) in [6.45, 7) is 6.34. The Morgan fingerprint density at radius 2 is 2.09 bits per heavy atom. The molecule has 0 saturated heterocycles. The molecule has 0 aliphatic carbocycles. The van der Waals surface area contributed by atoms with Crippen LogP contribution in [0.2, 0.25) is 19.6 Å². The van der Waals surface area contributed by atoms with Gasteiger partial charge < -0.3 is 4.43 Å². The maximum atomic E-state index is 5.57. The normalized spacial score (nSPS) is 11.2. The lowest BCUT2D eigenvalue weighted by atomic mass is 10.6. The van der Waals surface area contributed by atoms with Crippen LogP contribution in [0.25, 0.3) is 0 Å². The topological polar surface area (TPSA) is 35.0 Å². The van der Waals surface area contributed by atoms with Crippen molar-refractivity contribution >= 4 is 8.32 Å². The van der Waals surface area contributed by atoms with Crippen LogP contribution in [-0.2, 0) is 0 Å². The fourth-order valence-electron chi connectivity index (χ4n) is 0.656. The molecule has 0 radical (unpaired) electrons. The molecule has 0 unspecified atom stereocenters. The molecule has 1 rings (SSSR count). The van der Waals surface area contributed by atoms with E-state index >= 15 is 0 Å². The van der Waals surface area contributed by atoms with Gasteiger partial charge in [-0.2, -0.15) is 5.10 Å². The zero-order valence-corrected chi connectivity index (χ0v) is 8.03. The fourth-order valence-corrected chi connectivity index (χ4v) is 1.39. The maximum Gasteiger partial charge on any atom is 0.244 e. The van der Waals surface area contributed by atoms with Gasteiger partial charge in [0.25, 0.3) is 0 Å². The average Bonchev–Trinajstić information content (AvgIpc) is 1.85. The molecule has 0 aromatic carbocycles. The van der Waals surface area contributed by atoms with Crippen LogP contribution in [0, 0.1) is 0 Å². The van der Waals surface area contributed by atoms with Gasteiger partial charge in [0.2, 0.25) is 14.2 Å². The Hall–Kier alpha value is -0.903. The van der Waals surface area contributed by atoms with Gasteiger partial charge in [-0.3, -0.25) is 0 Å². The van der Waals surface area contributed by atoms with E-state index < -0.39 is 8.32 Å². The summed E-state index contributed by atoms with van der Waals surface area (Å²) in [6.07, 6.45) is 1.64. The van der Waals surface area contributed by atoms with Crippen LogP contribution in [0.3, 0.4) is 0 Å². The molecule has 0 aliphatic rings. The minimum atomic E-state index is -1.50. The first-order valence-corrected chi connectivity index (χ1v) is 6.95. The van der Waals surface area contributed by atoms with Crippen LogP contribution in [0.15, 0.2) is 18.3 Å². The van der Waals surface area contributed by atoms with Crippen molar-refractivity contribution < 1.29 is 4.43 Å². The third-order valence-electron chi connectivity index (χ3n) is 0.959. The predicted molar refractivity (Wildman–Crippen MR) is 46.0 cm³/mol. The molecule has 0 aliphatic heterocycles. The van der Waals surface area contributed by atoms with Crippen molar-refractivity contribution in [3.05, 3.63) is 18.3 Å².